The molecule has 0 aromatic heterocycles. The van der Waals surface area contributed by atoms with Crippen molar-refractivity contribution >= 4 is 58.0 Å². The largest absolute Gasteiger partial charge is 0.426 e. The van der Waals surface area contributed by atoms with Crippen LogP contribution < -0.4 is 4.74 Å². The van der Waals surface area contributed by atoms with E-state index in [0.717, 1.165) is 32.1 Å². The third kappa shape index (κ3) is 77.1. The van der Waals surface area contributed by atoms with Crippen molar-refractivity contribution in [2.24, 2.45) is 0 Å². The maximum atomic E-state index is 12.3. The second kappa shape index (κ2) is 92.2. The average molecular weight is 1910 g/mol. The van der Waals surface area contributed by atoms with Gasteiger partial charge in [-0.15, -0.1) is 0 Å². The number of carbonyl (C=O) groups is 10. The highest BCUT2D eigenvalue weighted by Gasteiger charge is 2.17. The van der Waals surface area contributed by atoms with E-state index in [2.05, 4.69) is 34.6 Å². The van der Waals surface area contributed by atoms with Gasteiger partial charge in [-0.2, -0.15) is 0 Å². The normalized spacial score (nSPS) is 10.8. The van der Waals surface area contributed by atoms with E-state index in [0.29, 0.717) is 33.6 Å². The van der Waals surface area contributed by atoms with Crippen LogP contribution in [0.5, 0.6) is 5.75 Å². The van der Waals surface area contributed by atoms with Crippen LogP contribution in [0, 0.1) is 0 Å². The topological polar surface area (TPSA) is 180 Å². The number of ether oxygens (including phenoxy) is 1. The van der Waals surface area contributed by atoms with Gasteiger partial charge in [0.25, 0.3) is 0 Å². The van der Waals surface area contributed by atoms with Crippen LogP contribution in [0.2, 0.25) is 0 Å². The van der Waals surface area contributed by atoms with Gasteiger partial charge in [0.1, 0.15) is 35.3 Å². The zero-order valence-corrected chi connectivity index (χ0v) is 89.3. The number of hydrogen-bond acceptors (Lipinski definition) is 11. The molecule has 0 radical (unpaired) electrons. The Morgan fingerprint density at radius 2 is 0.309 bits per heavy atom. The molecule has 6 aromatic rings. The van der Waals surface area contributed by atoms with Crippen molar-refractivity contribution in [2.75, 3.05) is 0 Å². The quantitative estimate of drug-likeness (QED) is 0.0117. The molecule has 778 valence electrons. The molecule has 0 N–H and O–H groups in total. The molecule has 6 rings (SSSR count). The third-order valence-corrected chi connectivity index (χ3v) is 26.4. The Morgan fingerprint density at radius 3 is 0.453 bits per heavy atom. The summed E-state index contributed by atoms with van der Waals surface area (Å²) in [6, 6.07) is 47.7. The van der Waals surface area contributed by atoms with E-state index in [1.165, 1.54) is 454 Å². The van der Waals surface area contributed by atoms with Crippen molar-refractivity contribution in [1.82, 2.24) is 0 Å². The van der Waals surface area contributed by atoms with Gasteiger partial charge in [-0.3, -0.25) is 47.9 Å². The second-order valence-corrected chi connectivity index (χ2v) is 40.0. The summed E-state index contributed by atoms with van der Waals surface area (Å²) in [5, 5.41) is 0. The van der Waals surface area contributed by atoms with Gasteiger partial charge in [0.2, 0.25) is 0 Å². The van der Waals surface area contributed by atoms with Gasteiger partial charge in [-0.05, 0) is 132 Å². The number of aryl methyl sites for hydroxylation is 5. The summed E-state index contributed by atoms with van der Waals surface area (Å²) in [7, 11) is 0. The third-order valence-electron chi connectivity index (χ3n) is 26.4. The number of esters is 1. The highest BCUT2D eigenvalue weighted by atomic mass is 16.5. The Kier molecular flexibility index (Phi) is 85.5. The first-order chi connectivity index (χ1) is 67.2. The van der Waals surface area contributed by atoms with Gasteiger partial charge in [-0.1, -0.05) is 548 Å². The van der Waals surface area contributed by atoms with E-state index in [1.807, 2.05) is 127 Å². The van der Waals surface area contributed by atoms with Crippen LogP contribution in [-0.2, 0) is 56.1 Å². The molecule has 0 unspecified atom stereocenters. The Bertz CT molecular complexity index is 3900. The number of hydrogen-bond donors (Lipinski definition) is 0. The van der Waals surface area contributed by atoms with Crippen LogP contribution in [0.1, 0.15) is 580 Å². The van der Waals surface area contributed by atoms with Gasteiger partial charge >= 0.3 is 5.97 Å². The highest BCUT2D eigenvalue weighted by molar-refractivity contribution is 6.09. The van der Waals surface area contributed by atoms with Crippen LogP contribution in [0.25, 0.3) is 0 Å². The second-order valence-electron chi connectivity index (χ2n) is 40.0. The number of ketones is 9. The Labute approximate surface area is 850 Å². The molecule has 0 fully saturated rings. The van der Waals surface area contributed by atoms with E-state index in [1.54, 1.807) is 24.3 Å². The van der Waals surface area contributed by atoms with E-state index in [9.17, 15) is 47.9 Å². The summed E-state index contributed by atoms with van der Waals surface area (Å²) in [6.45, 7) is 17.2. The highest BCUT2D eigenvalue weighted by Crippen LogP contribution is 2.24. The molecule has 0 heterocycles. The maximum Gasteiger partial charge on any atom is 0.319 e. The number of unbranched alkanes of at least 4 members (excludes halogenated alkanes) is 57. The molecule has 0 saturated heterocycles. The van der Waals surface area contributed by atoms with Gasteiger partial charge in [-0.25, -0.2) is 0 Å². The molecule has 6 aromatic carbocycles. The zero-order valence-electron chi connectivity index (χ0n) is 89.3. The molecule has 0 aliphatic carbocycles. The van der Waals surface area contributed by atoms with Crippen molar-refractivity contribution in [1.29, 1.82) is 0 Å². The monoisotopic (exact) mass is 1910 g/mol. The molecular formula is C128H200O11. The minimum Gasteiger partial charge on any atom is -0.426 e. The summed E-state index contributed by atoms with van der Waals surface area (Å²) in [5.41, 5.74) is 9.58. The maximum absolute atomic E-state index is 12.3. The number of para-hydroxylation sites is 1. The zero-order chi connectivity index (χ0) is 100. The molecule has 0 aliphatic heterocycles. The minimum absolute atomic E-state index is 0. The molecule has 0 amide bonds. The lowest BCUT2D eigenvalue weighted by Gasteiger charge is -2.06. The summed E-state index contributed by atoms with van der Waals surface area (Å²) < 4.78 is 5.20. The van der Waals surface area contributed by atoms with Gasteiger partial charge in [0.05, 0.1) is 25.7 Å². The van der Waals surface area contributed by atoms with Gasteiger partial charge in [0.15, 0.2) is 28.9 Å². The molecule has 0 aliphatic rings. The van der Waals surface area contributed by atoms with Crippen LogP contribution in [0.15, 0.2) is 152 Å². The van der Waals surface area contributed by atoms with Crippen molar-refractivity contribution in [3.8, 4) is 5.75 Å². The van der Waals surface area contributed by atoms with E-state index in [4.69, 9.17) is 4.74 Å². The predicted octanol–water partition coefficient (Wildman–Crippen LogP) is 37.9. The number of benzene rings is 6. The first kappa shape index (κ1) is 129. The SMILES string of the molecule is C.CCCCCCCCCCCCCCCCc1ccc(C(=O)CC(C)=O)cc1.CCCCCCCCCCCCCCCCc1ccc(C(=O)CC(C)=O)cc1.CCCCCCCCCCCCCCc1ccc(C(=O)CC(=O)Oc2ccccc2)cc1.CCCCCCCCCCCCCCc1ccc(C(=O)CC(C)=O)cc1.CCCCCCCCCCCCc1ccc(C(=O)CC(C)=O)cc1. The van der Waals surface area contributed by atoms with Crippen LogP contribution in [0.4, 0.5) is 0 Å². The fourth-order valence-electron chi connectivity index (χ4n) is 17.7. The molecule has 0 bridgehead atoms. The van der Waals surface area contributed by atoms with Gasteiger partial charge < -0.3 is 4.74 Å². The molecule has 0 saturated carbocycles. The predicted molar refractivity (Wildman–Crippen MR) is 592 cm³/mol. The summed E-state index contributed by atoms with van der Waals surface area (Å²) in [5.74, 6) is -0.862. The molecule has 139 heavy (non-hydrogen) atoms. The van der Waals surface area contributed by atoms with E-state index < -0.39 is 5.97 Å². The number of Topliss-reactive ketones (excluding diaryl/α,β-unsaturated/α-hetero) is 9. The lowest BCUT2D eigenvalue weighted by molar-refractivity contribution is -0.133. The average Bonchev–Trinajstić information content (AvgIpc) is 0.907. The summed E-state index contributed by atoms with van der Waals surface area (Å²) in [4.78, 5) is 116. The molecular weight excluding hydrogens is 1710 g/mol. The van der Waals surface area contributed by atoms with Crippen molar-refractivity contribution in [3.63, 3.8) is 0 Å². The van der Waals surface area contributed by atoms with E-state index in [-0.39, 0.29) is 91.6 Å². The smallest absolute Gasteiger partial charge is 0.319 e. The first-order valence-electron chi connectivity index (χ1n) is 56.6. The van der Waals surface area contributed by atoms with Gasteiger partial charge in [0, 0.05) is 27.8 Å². The summed E-state index contributed by atoms with van der Waals surface area (Å²) in [6.07, 6.45) is 90.1. The van der Waals surface area contributed by atoms with E-state index >= 15 is 0 Å². The van der Waals surface area contributed by atoms with Crippen molar-refractivity contribution < 1.29 is 52.7 Å². The number of rotatable bonds is 83. The molecule has 0 atom stereocenters. The number of carbonyl (C=O) groups excluding carboxylic acids is 10. The lowest BCUT2D eigenvalue weighted by atomic mass is 10.0. The Balaban J connectivity index is 0.000000870. The van der Waals surface area contributed by atoms with Crippen molar-refractivity contribution in [2.45, 2.75) is 532 Å². The standard InChI is InChI=1S/C29H40O3.2C26H42O2.C24H38O2.C22H34O2.CH4/c1-2-3-4-5-6-7-8-9-10-11-12-14-17-25-20-22-26(23-21-25)28(30)24-29(31)32-27-18-15-13-16-19-27;2*1-3-4-5-6-7-8-9-10-11-12-13-14-15-16-17-24-18-20-25(21-19-24)26(28)22-23(2)27;1-3-4-5-6-7-8-9-10-11-12-13-14-15-22-16-18-23(19-17-22)24(26)20-21(2)25;1-3-4-5-6-7-8-9-10-11-12-13-20-14-16-21(17-15-20)22(24)18-19(2)23;/h13,15-16,18-23H,2-12,14,17,24H2,1H3;2*18-21H,3-17,22H2,1-2H3;16-19H,3-15,20H2,1-2H3;14-17H,3-13,18H2,1-2H3;1H4. The molecule has 11 nitrogen and oxygen atoms in total. The summed E-state index contributed by atoms with van der Waals surface area (Å²) >= 11 is 0. The Hall–Kier alpha value is -8.18. The molecule has 0 spiro atoms. The van der Waals surface area contributed by atoms with Crippen LogP contribution in [0.3, 0.4) is 0 Å². The first-order valence-corrected chi connectivity index (χ1v) is 56.6. The lowest BCUT2D eigenvalue weighted by Crippen LogP contribution is -2.14. The Morgan fingerprint density at radius 1 is 0.173 bits per heavy atom. The van der Waals surface area contributed by atoms with Crippen LogP contribution >= 0.6 is 0 Å². The van der Waals surface area contributed by atoms with Crippen molar-refractivity contribution in [3.05, 3.63) is 207 Å². The molecule has 11 heteroatoms. The fraction of sp³-hybridized carbons (Fsp3) is 0.641. The minimum atomic E-state index is -0.526. The fourth-order valence-corrected chi connectivity index (χ4v) is 17.7. The van der Waals surface area contributed by atoms with Crippen LogP contribution in [-0.4, -0.2) is 58.0 Å².